The summed E-state index contributed by atoms with van der Waals surface area (Å²) in [6, 6.07) is 2.00. The zero-order valence-corrected chi connectivity index (χ0v) is 13.3. The van der Waals surface area contributed by atoms with Crippen molar-refractivity contribution in [2.45, 2.75) is 26.3 Å². The van der Waals surface area contributed by atoms with Crippen LogP contribution in [0.5, 0.6) is 0 Å². The zero-order valence-electron chi connectivity index (χ0n) is 13.3. The Bertz CT molecular complexity index is 477. The predicted octanol–water partition coefficient (Wildman–Crippen LogP) is 0.749. The monoisotopic (exact) mass is 307 g/mol. The Kier molecular flexibility index (Phi) is 6.54. The van der Waals surface area contributed by atoms with Gasteiger partial charge in [-0.15, -0.1) is 0 Å². The first kappa shape index (κ1) is 16.6. The largest absolute Gasteiger partial charge is 0.379 e. The smallest absolute Gasteiger partial charge is 0.270 e. The van der Waals surface area contributed by atoms with Crippen LogP contribution in [-0.4, -0.2) is 66.2 Å². The second-order valence-electron chi connectivity index (χ2n) is 5.45. The van der Waals surface area contributed by atoms with E-state index in [0.29, 0.717) is 24.1 Å². The van der Waals surface area contributed by atoms with E-state index in [2.05, 4.69) is 39.3 Å². The number of nitrogens with one attached hydrogen (secondary N) is 2. The van der Waals surface area contributed by atoms with Gasteiger partial charge < -0.3 is 15.4 Å². The van der Waals surface area contributed by atoms with Crippen molar-refractivity contribution in [2.75, 3.05) is 44.7 Å². The average Bonchev–Trinajstić information content (AvgIpc) is 2.56. The van der Waals surface area contributed by atoms with Crippen LogP contribution in [0.1, 0.15) is 30.8 Å². The summed E-state index contributed by atoms with van der Waals surface area (Å²) >= 11 is 0. The highest BCUT2D eigenvalue weighted by Crippen LogP contribution is 2.07. The molecule has 122 valence electrons. The van der Waals surface area contributed by atoms with Crippen LogP contribution in [0.3, 0.4) is 0 Å². The number of morpholine rings is 1. The average molecular weight is 307 g/mol. The summed E-state index contributed by atoms with van der Waals surface area (Å²) < 4.78 is 5.30. The summed E-state index contributed by atoms with van der Waals surface area (Å²) in [5, 5.41) is 6.14. The predicted molar refractivity (Wildman–Crippen MR) is 85.0 cm³/mol. The van der Waals surface area contributed by atoms with E-state index in [1.165, 1.54) is 6.33 Å². The Labute approximate surface area is 131 Å². The van der Waals surface area contributed by atoms with Crippen LogP contribution in [0.15, 0.2) is 12.4 Å². The minimum absolute atomic E-state index is 0.164. The number of carbonyl (C=O) groups is 1. The van der Waals surface area contributed by atoms with Gasteiger partial charge >= 0.3 is 0 Å². The van der Waals surface area contributed by atoms with Gasteiger partial charge in [-0.2, -0.15) is 0 Å². The minimum atomic E-state index is -0.164. The maximum Gasteiger partial charge on any atom is 0.270 e. The lowest BCUT2D eigenvalue weighted by Crippen LogP contribution is -2.41. The SMILES string of the molecule is CCC(C)Nc1cc(C(=O)NCCN2CCOCC2)ncn1. The van der Waals surface area contributed by atoms with E-state index in [-0.39, 0.29) is 5.91 Å². The minimum Gasteiger partial charge on any atom is -0.379 e. The van der Waals surface area contributed by atoms with Crippen molar-refractivity contribution in [2.24, 2.45) is 0 Å². The molecule has 1 fully saturated rings. The first-order chi connectivity index (χ1) is 10.7. The van der Waals surface area contributed by atoms with Crippen LogP contribution in [-0.2, 0) is 4.74 Å². The molecular weight excluding hydrogens is 282 g/mol. The maximum absolute atomic E-state index is 12.1. The van der Waals surface area contributed by atoms with Gasteiger partial charge in [-0.1, -0.05) is 6.92 Å². The summed E-state index contributed by atoms with van der Waals surface area (Å²) in [5.74, 6) is 0.519. The van der Waals surface area contributed by atoms with Gasteiger partial charge in [-0.25, -0.2) is 9.97 Å². The van der Waals surface area contributed by atoms with Crippen LogP contribution in [0.25, 0.3) is 0 Å². The molecule has 1 aliphatic rings. The van der Waals surface area contributed by atoms with Crippen molar-refractivity contribution in [3.05, 3.63) is 18.1 Å². The molecule has 1 saturated heterocycles. The molecule has 0 aliphatic carbocycles. The maximum atomic E-state index is 12.1. The molecule has 0 spiro atoms. The van der Waals surface area contributed by atoms with Gasteiger partial charge in [0, 0.05) is 38.3 Å². The van der Waals surface area contributed by atoms with Crippen molar-refractivity contribution in [1.82, 2.24) is 20.2 Å². The third-order valence-electron chi connectivity index (χ3n) is 3.72. The molecule has 1 aliphatic heterocycles. The molecule has 1 amide bonds. The zero-order chi connectivity index (χ0) is 15.8. The first-order valence-corrected chi connectivity index (χ1v) is 7.86. The van der Waals surface area contributed by atoms with Crippen molar-refractivity contribution in [3.8, 4) is 0 Å². The van der Waals surface area contributed by atoms with Gasteiger partial charge in [0.2, 0.25) is 0 Å². The van der Waals surface area contributed by atoms with Crippen molar-refractivity contribution < 1.29 is 9.53 Å². The lowest BCUT2D eigenvalue weighted by Gasteiger charge is -2.26. The summed E-state index contributed by atoms with van der Waals surface area (Å²) in [5.41, 5.74) is 0.391. The first-order valence-electron chi connectivity index (χ1n) is 7.86. The number of ether oxygens (including phenoxy) is 1. The number of anilines is 1. The molecule has 22 heavy (non-hydrogen) atoms. The highest BCUT2D eigenvalue weighted by molar-refractivity contribution is 5.92. The van der Waals surface area contributed by atoms with Crippen LogP contribution in [0.4, 0.5) is 5.82 Å². The van der Waals surface area contributed by atoms with E-state index >= 15 is 0 Å². The van der Waals surface area contributed by atoms with Gasteiger partial charge in [-0.3, -0.25) is 9.69 Å². The highest BCUT2D eigenvalue weighted by Gasteiger charge is 2.12. The Morgan fingerprint density at radius 2 is 2.18 bits per heavy atom. The van der Waals surface area contributed by atoms with Crippen LogP contribution < -0.4 is 10.6 Å². The van der Waals surface area contributed by atoms with E-state index in [9.17, 15) is 4.79 Å². The molecule has 7 heteroatoms. The number of hydrogen-bond acceptors (Lipinski definition) is 6. The molecule has 0 saturated carbocycles. The van der Waals surface area contributed by atoms with Gasteiger partial charge in [0.1, 0.15) is 17.8 Å². The van der Waals surface area contributed by atoms with Crippen molar-refractivity contribution >= 4 is 11.7 Å². The lowest BCUT2D eigenvalue weighted by atomic mass is 10.2. The Hall–Kier alpha value is -1.73. The topological polar surface area (TPSA) is 79.4 Å². The summed E-state index contributed by atoms with van der Waals surface area (Å²) in [6.07, 6.45) is 2.41. The summed E-state index contributed by atoms with van der Waals surface area (Å²) in [7, 11) is 0. The van der Waals surface area contributed by atoms with E-state index in [1.807, 2.05) is 0 Å². The van der Waals surface area contributed by atoms with Gasteiger partial charge in [0.15, 0.2) is 0 Å². The number of rotatable bonds is 7. The fourth-order valence-corrected chi connectivity index (χ4v) is 2.16. The fraction of sp³-hybridized carbons (Fsp3) is 0.667. The third kappa shape index (κ3) is 5.23. The van der Waals surface area contributed by atoms with Gasteiger partial charge in [0.25, 0.3) is 5.91 Å². The Morgan fingerprint density at radius 1 is 1.41 bits per heavy atom. The normalized spacial score (nSPS) is 17.0. The quantitative estimate of drug-likeness (QED) is 0.774. The number of nitrogens with zero attached hydrogens (tertiary/aromatic N) is 3. The number of carbonyl (C=O) groups excluding carboxylic acids is 1. The van der Waals surface area contributed by atoms with E-state index in [0.717, 1.165) is 39.3 Å². The van der Waals surface area contributed by atoms with Crippen LogP contribution in [0, 0.1) is 0 Å². The molecule has 2 rings (SSSR count). The second kappa shape index (κ2) is 8.65. The molecule has 0 radical (unpaired) electrons. The molecule has 1 aromatic rings. The molecule has 1 atom stereocenters. The summed E-state index contributed by atoms with van der Waals surface area (Å²) in [4.78, 5) is 22.6. The standard InChI is InChI=1S/C15H25N5O2/c1-3-12(2)19-14-10-13(17-11-18-14)15(21)16-4-5-20-6-8-22-9-7-20/h10-12H,3-9H2,1-2H3,(H,16,21)(H,17,18,19). The molecule has 1 unspecified atom stereocenters. The van der Waals surface area contributed by atoms with Crippen molar-refractivity contribution in [3.63, 3.8) is 0 Å². The molecule has 7 nitrogen and oxygen atoms in total. The Balaban J connectivity index is 1.80. The molecule has 1 aromatic heterocycles. The van der Waals surface area contributed by atoms with Gasteiger partial charge in [-0.05, 0) is 13.3 Å². The number of aromatic nitrogens is 2. The van der Waals surface area contributed by atoms with Crippen LogP contribution in [0.2, 0.25) is 0 Å². The van der Waals surface area contributed by atoms with E-state index < -0.39 is 0 Å². The van der Waals surface area contributed by atoms with Crippen LogP contribution >= 0.6 is 0 Å². The highest BCUT2D eigenvalue weighted by atomic mass is 16.5. The second-order valence-corrected chi connectivity index (χ2v) is 5.45. The molecule has 0 aromatic carbocycles. The van der Waals surface area contributed by atoms with E-state index in [1.54, 1.807) is 6.07 Å². The number of hydrogen-bond donors (Lipinski definition) is 2. The summed E-state index contributed by atoms with van der Waals surface area (Å²) in [6.45, 7) is 8.99. The van der Waals surface area contributed by atoms with Gasteiger partial charge in [0.05, 0.1) is 13.2 Å². The molecule has 2 heterocycles. The van der Waals surface area contributed by atoms with E-state index in [4.69, 9.17) is 4.74 Å². The molecule has 2 N–H and O–H groups in total. The number of amides is 1. The molecular formula is C15H25N5O2. The fourth-order valence-electron chi connectivity index (χ4n) is 2.16. The lowest BCUT2D eigenvalue weighted by molar-refractivity contribution is 0.0383. The third-order valence-corrected chi connectivity index (χ3v) is 3.72. The Morgan fingerprint density at radius 3 is 2.91 bits per heavy atom. The molecule has 0 bridgehead atoms. The van der Waals surface area contributed by atoms with Crippen molar-refractivity contribution in [1.29, 1.82) is 0 Å².